The molecule has 1 aromatic heterocycles. The third-order valence-corrected chi connectivity index (χ3v) is 4.11. The number of aromatic nitrogens is 2. The molecule has 0 saturated heterocycles. The normalized spacial score (nSPS) is 21.0. The highest BCUT2D eigenvalue weighted by molar-refractivity contribution is 5.39. The van der Waals surface area contributed by atoms with Crippen LogP contribution in [0.4, 0.5) is 0 Å². The molecule has 0 saturated carbocycles. The molecule has 0 fully saturated rings. The van der Waals surface area contributed by atoms with E-state index in [1.807, 2.05) is 0 Å². The SMILES string of the molecule is CC1CC(C)(C)c2c1[n+](C)cn2-c1ccccc1. The van der Waals surface area contributed by atoms with Gasteiger partial charge in [-0.15, -0.1) is 0 Å². The molecule has 0 radical (unpaired) electrons. The van der Waals surface area contributed by atoms with Crippen molar-refractivity contribution in [2.24, 2.45) is 7.05 Å². The van der Waals surface area contributed by atoms with Gasteiger partial charge in [0.25, 0.3) is 0 Å². The number of para-hydroxylation sites is 1. The van der Waals surface area contributed by atoms with E-state index >= 15 is 0 Å². The van der Waals surface area contributed by atoms with Crippen LogP contribution in [0.5, 0.6) is 0 Å². The van der Waals surface area contributed by atoms with Crippen molar-refractivity contribution in [3.8, 4) is 5.69 Å². The largest absolute Gasteiger partial charge is 0.249 e. The van der Waals surface area contributed by atoms with Crippen molar-refractivity contribution < 1.29 is 4.57 Å². The van der Waals surface area contributed by atoms with E-state index in [0.29, 0.717) is 5.92 Å². The Morgan fingerprint density at radius 2 is 1.89 bits per heavy atom. The van der Waals surface area contributed by atoms with Crippen LogP contribution in [0.15, 0.2) is 36.7 Å². The number of rotatable bonds is 1. The molecule has 0 amide bonds. The lowest BCUT2D eigenvalue weighted by Gasteiger charge is -2.17. The van der Waals surface area contributed by atoms with Crippen molar-refractivity contribution >= 4 is 0 Å². The van der Waals surface area contributed by atoms with Gasteiger partial charge in [-0.2, -0.15) is 4.57 Å². The molecule has 0 aliphatic heterocycles. The first-order valence-corrected chi connectivity index (χ1v) is 6.67. The Hall–Kier alpha value is -1.57. The van der Waals surface area contributed by atoms with Crippen molar-refractivity contribution in [2.75, 3.05) is 0 Å². The second-order valence-electron chi connectivity index (χ2n) is 6.15. The van der Waals surface area contributed by atoms with E-state index in [0.717, 1.165) is 0 Å². The molecule has 2 heteroatoms. The highest BCUT2D eigenvalue weighted by Gasteiger charge is 2.45. The van der Waals surface area contributed by atoms with Crippen molar-refractivity contribution in [3.05, 3.63) is 48.0 Å². The van der Waals surface area contributed by atoms with Crippen LogP contribution in [0.1, 0.15) is 44.5 Å². The third kappa shape index (κ3) is 1.52. The summed E-state index contributed by atoms with van der Waals surface area (Å²) in [5.74, 6) is 0.643. The van der Waals surface area contributed by atoms with Gasteiger partial charge in [-0.05, 0) is 18.6 Å². The van der Waals surface area contributed by atoms with Crippen LogP contribution in [0.25, 0.3) is 5.69 Å². The number of imidazole rings is 1. The van der Waals surface area contributed by atoms with Crippen LogP contribution < -0.4 is 4.57 Å². The Kier molecular flexibility index (Phi) is 2.37. The van der Waals surface area contributed by atoms with Gasteiger partial charge in [0.2, 0.25) is 6.33 Å². The number of fused-ring (bicyclic) bond motifs is 1. The molecule has 0 spiro atoms. The van der Waals surface area contributed by atoms with E-state index in [1.165, 1.54) is 23.5 Å². The first-order valence-electron chi connectivity index (χ1n) is 6.67. The van der Waals surface area contributed by atoms with Gasteiger partial charge in [0.05, 0.1) is 7.05 Å². The molecular formula is C16H21N2+. The number of aryl methyl sites for hydroxylation is 1. The van der Waals surface area contributed by atoms with Gasteiger partial charge in [-0.3, -0.25) is 0 Å². The Labute approximate surface area is 109 Å². The Morgan fingerprint density at radius 3 is 2.56 bits per heavy atom. The highest BCUT2D eigenvalue weighted by atomic mass is 15.2. The molecule has 94 valence electrons. The standard InChI is InChI=1S/C16H21N2/c1-12-10-16(2,3)15-14(12)17(4)11-18(15)13-8-6-5-7-9-13/h5-9,11-12H,10H2,1-4H3/q+1. The molecule has 0 bridgehead atoms. The molecule has 2 nitrogen and oxygen atoms in total. The minimum Gasteiger partial charge on any atom is -0.236 e. The number of benzene rings is 1. The zero-order valence-corrected chi connectivity index (χ0v) is 11.6. The first kappa shape index (κ1) is 11.5. The van der Waals surface area contributed by atoms with Crippen LogP contribution in [0.3, 0.4) is 0 Å². The zero-order valence-electron chi connectivity index (χ0n) is 11.6. The summed E-state index contributed by atoms with van der Waals surface area (Å²) < 4.78 is 4.65. The second-order valence-corrected chi connectivity index (χ2v) is 6.15. The summed E-state index contributed by atoms with van der Waals surface area (Å²) in [6.07, 6.45) is 3.45. The Morgan fingerprint density at radius 1 is 1.22 bits per heavy atom. The molecule has 1 heterocycles. The summed E-state index contributed by atoms with van der Waals surface area (Å²) in [5.41, 5.74) is 4.48. The number of hydrogen-bond acceptors (Lipinski definition) is 0. The van der Waals surface area contributed by atoms with Gasteiger partial charge in [0.1, 0.15) is 11.4 Å². The summed E-state index contributed by atoms with van der Waals surface area (Å²) >= 11 is 0. The molecule has 18 heavy (non-hydrogen) atoms. The first-order chi connectivity index (χ1) is 8.50. The third-order valence-electron chi connectivity index (χ3n) is 4.11. The van der Waals surface area contributed by atoms with E-state index in [-0.39, 0.29) is 5.41 Å². The lowest BCUT2D eigenvalue weighted by Crippen LogP contribution is -2.30. The maximum absolute atomic E-state index is 2.36. The second kappa shape index (κ2) is 3.71. The van der Waals surface area contributed by atoms with Gasteiger partial charge in [0.15, 0.2) is 5.69 Å². The van der Waals surface area contributed by atoms with E-state index in [1.54, 1.807) is 0 Å². The highest BCUT2D eigenvalue weighted by Crippen LogP contribution is 2.44. The fourth-order valence-electron chi connectivity index (χ4n) is 3.58. The maximum Gasteiger partial charge on any atom is 0.249 e. The van der Waals surface area contributed by atoms with Crippen LogP contribution >= 0.6 is 0 Å². The summed E-state index contributed by atoms with van der Waals surface area (Å²) in [6, 6.07) is 10.6. The molecule has 2 aromatic rings. The van der Waals surface area contributed by atoms with Crippen molar-refractivity contribution in [1.82, 2.24) is 4.57 Å². The molecule has 1 aliphatic carbocycles. The van der Waals surface area contributed by atoms with Gasteiger partial charge in [0, 0.05) is 11.3 Å². The Balaban J connectivity index is 2.26. The van der Waals surface area contributed by atoms with Crippen LogP contribution in [-0.2, 0) is 12.5 Å². The minimum atomic E-state index is 0.256. The molecular weight excluding hydrogens is 220 g/mol. The molecule has 1 aromatic carbocycles. The van der Waals surface area contributed by atoms with Crippen LogP contribution in [-0.4, -0.2) is 4.57 Å². The lowest BCUT2D eigenvalue weighted by atomic mass is 9.89. The van der Waals surface area contributed by atoms with Gasteiger partial charge in [-0.1, -0.05) is 39.0 Å². The topological polar surface area (TPSA) is 8.81 Å². The predicted octanol–water partition coefficient (Wildman–Crippen LogP) is 3.09. The molecule has 1 unspecified atom stereocenters. The average molecular weight is 241 g/mol. The van der Waals surface area contributed by atoms with Gasteiger partial charge < -0.3 is 0 Å². The summed E-state index contributed by atoms with van der Waals surface area (Å²) in [4.78, 5) is 0. The molecule has 1 aliphatic rings. The van der Waals surface area contributed by atoms with Gasteiger partial charge in [-0.25, -0.2) is 4.57 Å². The number of nitrogens with zero attached hydrogens (tertiary/aromatic N) is 2. The van der Waals surface area contributed by atoms with E-state index in [9.17, 15) is 0 Å². The lowest BCUT2D eigenvalue weighted by molar-refractivity contribution is -0.679. The molecule has 3 rings (SSSR count). The summed E-state index contributed by atoms with van der Waals surface area (Å²) in [5, 5.41) is 0. The minimum absolute atomic E-state index is 0.256. The summed E-state index contributed by atoms with van der Waals surface area (Å²) in [6.45, 7) is 7.05. The van der Waals surface area contributed by atoms with Crippen molar-refractivity contribution in [2.45, 2.75) is 38.5 Å². The fraction of sp³-hybridized carbons (Fsp3) is 0.438. The van der Waals surface area contributed by atoms with E-state index in [2.05, 4.69) is 73.6 Å². The molecule has 1 atom stereocenters. The van der Waals surface area contributed by atoms with Gasteiger partial charge >= 0.3 is 0 Å². The maximum atomic E-state index is 2.36. The zero-order chi connectivity index (χ0) is 12.9. The Bertz CT molecular complexity index is 579. The molecule has 0 N–H and O–H groups in total. The smallest absolute Gasteiger partial charge is 0.236 e. The monoisotopic (exact) mass is 241 g/mol. The van der Waals surface area contributed by atoms with Crippen LogP contribution in [0.2, 0.25) is 0 Å². The quantitative estimate of drug-likeness (QED) is 0.678. The summed E-state index contributed by atoms with van der Waals surface area (Å²) in [7, 11) is 2.16. The van der Waals surface area contributed by atoms with Crippen molar-refractivity contribution in [1.29, 1.82) is 0 Å². The van der Waals surface area contributed by atoms with Crippen molar-refractivity contribution in [3.63, 3.8) is 0 Å². The van der Waals surface area contributed by atoms with Crippen LogP contribution in [0, 0.1) is 0 Å². The van der Waals surface area contributed by atoms with E-state index in [4.69, 9.17) is 0 Å². The number of hydrogen-bond donors (Lipinski definition) is 0. The van der Waals surface area contributed by atoms with E-state index < -0.39 is 0 Å². The fourth-order valence-corrected chi connectivity index (χ4v) is 3.58. The predicted molar refractivity (Wildman–Crippen MR) is 73.0 cm³/mol. The average Bonchev–Trinajstić information content (AvgIpc) is 2.79.